The Balaban J connectivity index is 1.13. The Kier molecular flexibility index (Phi) is 6.93. The molecule has 0 N–H and O–H groups in total. The van der Waals surface area contributed by atoms with E-state index in [1.165, 1.54) is 71.2 Å². The highest BCUT2D eigenvalue weighted by atomic mass is 16.3. The number of furan rings is 1. The van der Waals surface area contributed by atoms with Crippen LogP contribution in [0.3, 0.4) is 0 Å². The molecule has 1 aliphatic rings. The van der Waals surface area contributed by atoms with Crippen LogP contribution in [0.15, 0.2) is 223 Å². The maximum atomic E-state index is 6.48. The number of benzene rings is 10. The first-order valence-electron chi connectivity index (χ1n) is 20.7. The number of hydrogen-bond donors (Lipinski definition) is 0. The Morgan fingerprint density at radius 1 is 0.383 bits per heavy atom. The lowest BCUT2D eigenvalue weighted by Crippen LogP contribution is -2.35. The molecule has 0 bridgehead atoms. The molecule has 0 radical (unpaired) electrons. The topological polar surface area (TPSA) is 21.3 Å². The Morgan fingerprint density at radius 3 is 1.73 bits per heavy atom. The molecule has 0 spiro atoms. The summed E-state index contributed by atoms with van der Waals surface area (Å²) in [6.45, 7) is 0. The van der Waals surface area contributed by atoms with Gasteiger partial charge in [0, 0.05) is 27.5 Å². The van der Waals surface area contributed by atoms with Crippen molar-refractivity contribution in [3.05, 3.63) is 235 Å². The highest BCUT2D eigenvalue weighted by Crippen LogP contribution is 2.56. The quantitative estimate of drug-likeness (QED) is 0.174. The van der Waals surface area contributed by atoms with Crippen LogP contribution in [0.25, 0.3) is 76.4 Å². The normalized spacial score (nSPS) is 13.1. The minimum absolute atomic E-state index is 0.653. The molecule has 2 aromatic heterocycles. The number of rotatable bonds is 5. The molecule has 60 heavy (non-hydrogen) atoms. The summed E-state index contributed by atoms with van der Waals surface area (Å²) >= 11 is 0. The van der Waals surface area contributed by atoms with Gasteiger partial charge in [0.25, 0.3) is 0 Å². The Bertz CT molecular complexity index is 3650. The number of para-hydroxylation sites is 2. The first-order chi connectivity index (χ1) is 29.8. The lowest BCUT2D eigenvalue weighted by molar-refractivity contribution is 0.564. The van der Waals surface area contributed by atoms with Crippen LogP contribution in [0.5, 0.6) is 0 Å². The molecule has 3 heteroatoms. The molecule has 0 fully saturated rings. The van der Waals surface area contributed by atoms with E-state index >= 15 is 0 Å². The molecule has 10 aromatic carbocycles. The summed E-state index contributed by atoms with van der Waals surface area (Å²) in [5.41, 5.74) is 13.0. The van der Waals surface area contributed by atoms with Gasteiger partial charge in [-0.15, -0.1) is 0 Å². The van der Waals surface area contributed by atoms with Crippen LogP contribution < -0.4 is 4.90 Å². The highest BCUT2D eigenvalue weighted by Gasteiger charge is 2.47. The van der Waals surface area contributed by atoms with Gasteiger partial charge in [-0.1, -0.05) is 158 Å². The minimum Gasteiger partial charge on any atom is -0.456 e. The van der Waals surface area contributed by atoms with Crippen molar-refractivity contribution in [2.75, 3.05) is 4.90 Å². The number of anilines is 3. The number of hydrogen-bond acceptors (Lipinski definition) is 2. The summed E-state index contributed by atoms with van der Waals surface area (Å²) < 4.78 is 9.12. The highest BCUT2D eigenvalue weighted by molar-refractivity contribution is 6.15. The third-order valence-corrected chi connectivity index (χ3v) is 13.0. The smallest absolute Gasteiger partial charge is 0.137 e. The van der Waals surface area contributed by atoms with Crippen molar-refractivity contribution in [1.82, 2.24) is 4.57 Å². The van der Waals surface area contributed by atoms with Gasteiger partial charge < -0.3 is 13.9 Å². The average Bonchev–Trinajstić information content (AvgIpc) is 3.96. The van der Waals surface area contributed by atoms with E-state index in [2.05, 4.69) is 222 Å². The summed E-state index contributed by atoms with van der Waals surface area (Å²) in [4.78, 5) is 2.42. The molecule has 0 amide bonds. The van der Waals surface area contributed by atoms with Crippen LogP contribution in [0, 0.1) is 0 Å². The zero-order chi connectivity index (χ0) is 39.4. The van der Waals surface area contributed by atoms with Crippen LogP contribution in [-0.2, 0) is 5.54 Å². The molecule has 1 aliphatic carbocycles. The van der Waals surface area contributed by atoms with E-state index in [1.54, 1.807) is 0 Å². The summed E-state index contributed by atoms with van der Waals surface area (Å²) in [5.74, 6) is 0. The lowest BCUT2D eigenvalue weighted by atomic mass is 9.79. The van der Waals surface area contributed by atoms with E-state index in [4.69, 9.17) is 4.42 Å². The van der Waals surface area contributed by atoms with Crippen molar-refractivity contribution >= 4 is 82.4 Å². The van der Waals surface area contributed by atoms with Gasteiger partial charge in [0.2, 0.25) is 0 Å². The van der Waals surface area contributed by atoms with Gasteiger partial charge >= 0.3 is 0 Å². The second kappa shape index (κ2) is 12.6. The SMILES string of the molecule is c1ccc2c(c1)-c1ccccc1C2(c1ccc2ccccc2c1)n1c2ccccc2c2cc(N(c3ccc4ccccc4c3)c3cccc4oc5ccccc5c34)ccc21. The molecule has 12 aromatic rings. The Labute approximate surface area is 346 Å². The third kappa shape index (κ3) is 4.54. The predicted octanol–water partition coefficient (Wildman–Crippen LogP) is 15.3. The Morgan fingerprint density at radius 2 is 0.950 bits per heavy atom. The zero-order valence-electron chi connectivity index (χ0n) is 32.6. The van der Waals surface area contributed by atoms with Crippen molar-refractivity contribution < 1.29 is 4.42 Å². The first kappa shape index (κ1) is 33.1. The van der Waals surface area contributed by atoms with E-state index in [9.17, 15) is 0 Å². The standard InChI is InChI=1S/C57H36N2O/c1-3-16-39-34-41(30-28-37(39)14-1)57(49-22-9-5-18-44(49)45-19-6-10-23-50(45)57)59-51-24-11-7-20-46(51)48-36-43(32-33-52(48)59)58(42-31-29-38-15-2-4-17-40(38)35-42)53-25-13-27-55-56(53)47-21-8-12-26-54(47)60-55/h1-36H. The fourth-order valence-electron chi connectivity index (χ4n) is 10.5. The minimum atomic E-state index is -0.653. The zero-order valence-corrected chi connectivity index (χ0v) is 32.6. The van der Waals surface area contributed by atoms with E-state index < -0.39 is 5.54 Å². The molecule has 13 rings (SSSR count). The van der Waals surface area contributed by atoms with Gasteiger partial charge in [0.1, 0.15) is 16.7 Å². The maximum absolute atomic E-state index is 6.48. The molecule has 280 valence electrons. The first-order valence-corrected chi connectivity index (χ1v) is 20.7. The second-order valence-electron chi connectivity index (χ2n) is 16.0. The van der Waals surface area contributed by atoms with Crippen LogP contribution in [0.4, 0.5) is 17.1 Å². The molecular formula is C57H36N2O. The van der Waals surface area contributed by atoms with Crippen LogP contribution >= 0.6 is 0 Å². The van der Waals surface area contributed by atoms with Gasteiger partial charge in [0.05, 0.1) is 22.1 Å². The van der Waals surface area contributed by atoms with Crippen molar-refractivity contribution in [2.24, 2.45) is 0 Å². The molecular weight excluding hydrogens is 729 g/mol. The van der Waals surface area contributed by atoms with Crippen LogP contribution in [-0.4, -0.2) is 4.57 Å². The summed E-state index contributed by atoms with van der Waals surface area (Å²) in [5, 5.41) is 9.46. The fourth-order valence-corrected chi connectivity index (χ4v) is 10.5. The maximum Gasteiger partial charge on any atom is 0.137 e. The monoisotopic (exact) mass is 764 g/mol. The van der Waals surface area contributed by atoms with Gasteiger partial charge in [0.15, 0.2) is 0 Å². The largest absolute Gasteiger partial charge is 0.456 e. The third-order valence-electron chi connectivity index (χ3n) is 13.0. The number of fused-ring (bicyclic) bond motifs is 11. The van der Waals surface area contributed by atoms with E-state index in [0.29, 0.717) is 0 Å². The number of aromatic nitrogens is 1. The van der Waals surface area contributed by atoms with Gasteiger partial charge in [-0.2, -0.15) is 0 Å². The van der Waals surface area contributed by atoms with E-state index in [1.807, 2.05) is 6.07 Å². The van der Waals surface area contributed by atoms with E-state index in [-0.39, 0.29) is 0 Å². The van der Waals surface area contributed by atoms with Crippen LogP contribution in [0.1, 0.15) is 16.7 Å². The average molecular weight is 765 g/mol. The molecule has 3 nitrogen and oxygen atoms in total. The van der Waals surface area contributed by atoms with Crippen molar-refractivity contribution in [1.29, 1.82) is 0 Å². The molecule has 0 saturated carbocycles. The predicted molar refractivity (Wildman–Crippen MR) is 250 cm³/mol. The van der Waals surface area contributed by atoms with Crippen LogP contribution in [0.2, 0.25) is 0 Å². The van der Waals surface area contributed by atoms with Crippen molar-refractivity contribution in [3.8, 4) is 11.1 Å². The Hall–Kier alpha value is -7.88. The van der Waals surface area contributed by atoms with Gasteiger partial charge in [-0.25, -0.2) is 0 Å². The summed E-state index contributed by atoms with van der Waals surface area (Å²) in [6, 6.07) is 80.1. The van der Waals surface area contributed by atoms with E-state index in [0.717, 1.165) is 39.0 Å². The molecule has 2 heterocycles. The van der Waals surface area contributed by atoms with Crippen molar-refractivity contribution in [3.63, 3.8) is 0 Å². The lowest BCUT2D eigenvalue weighted by Gasteiger charge is -2.37. The van der Waals surface area contributed by atoms with Gasteiger partial charge in [-0.05, 0) is 110 Å². The second-order valence-corrected chi connectivity index (χ2v) is 16.0. The fraction of sp³-hybridized carbons (Fsp3) is 0.0175. The summed E-state index contributed by atoms with van der Waals surface area (Å²) in [7, 11) is 0. The summed E-state index contributed by atoms with van der Waals surface area (Å²) in [6.07, 6.45) is 0. The molecule has 0 unspecified atom stereocenters. The van der Waals surface area contributed by atoms with Crippen molar-refractivity contribution in [2.45, 2.75) is 5.54 Å². The number of nitrogens with zero attached hydrogens (tertiary/aromatic N) is 2. The molecule has 0 saturated heterocycles. The van der Waals surface area contributed by atoms with Gasteiger partial charge in [-0.3, -0.25) is 0 Å². The molecule has 0 atom stereocenters. The molecule has 0 aliphatic heterocycles.